The zero-order valence-electron chi connectivity index (χ0n) is 12.4. The second kappa shape index (κ2) is 6.99. The maximum Gasteiger partial charge on any atom is 1.00 e. The largest absolute Gasteiger partial charge is 1.00 e. The normalized spacial score (nSPS) is 11.2. The minimum atomic E-state index is 0. The van der Waals surface area contributed by atoms with E-state index in [9.17, 15) is 0 Å². The van der Waals surface area contributed by atoms with Crippen molar-refractivity contribution in [2.24, 2.45) is 0 Å². The van der Waals surface area contributed by atoms with Crippen molar-refractivity contribution in [3.63, 3.8) is 0 Å². The first-order chi connectivity index (χ1) is 7.34. The van der Waals surface area contributed by atoms with Crippen LogP contribution >= 0.6 is 9.24 Å². The molecule has 0 N–H and O–H groups in total. The summed E-state index contributed by atoms with van der Waals surface area (Å²) in [4.78, 5) is 0. The minimum Gasteiger partial charge on any atom is -0.524 e. The molecule has 0 unspecified atom stereocenters. The molecule has 17 heavy (non-hydrogen) atoms. The molecule has 1 aromatic carbocycles. The van der Waals surface area contributed by atoms with Gasteiger partial charge in [0.25, 0.3) is 0 Å². The Bertz CT molecular complexity index is 338. The third kappa shape index (κ3) is 4.13. The van der Waals surface area contributed by atoms with Gasteiger partial charge in [-0.1, -0.05) is 64.8 Å². The summed E-state index contributed by atoms with van der Waals surface area (Å²) in [6.07, 6.45) is 0. The van der Waals surface area contributed by atoms with Crippen LogP contribution in [0.4, 0.5) is 0 Å². The average molecular weight is 242 g/mol. The van der Waals surface area contributed by atoms with E-state index in [2.05, 4.69) is 62.9 Å². The summed E-state index contributed by atoms with van der Waals surface area (Å²) in [7, 11) is 3.82. The van der Waals surface area contributed by atoms with Gasteiger partial charge in [-0.05, 0) is 23.3 Å². The van der Waals surface area contributed by atoms with Crippen molar-refractivity contribution in [3.05, 3.63) is 28.8 Å². The van der Waals surface area contributed by atoms with E-state index >= 15 is 0 Å². The Balaban J connectivity index is 0.00000256. The Morgan fingerprint density at radius 3 is 1.35 bits per heavy atom. The van der Waals surface area contributed by atoms with Gasteiger partial charge >= 0.3 is 18.9 Å². The zero-order valence-corrected chi connectivity index (χ0v) is 13.4. The first-order valence-electron chi connectivity index (χ1n) is 6.23. The fourth-order valence-electron chi connectivity index (χ4n) is 1.96. The Morgan fingerprint density at radius 1 is 0.765 bits per heavy atom. The second-order valence-corrected chi connectivity index (χ2v) is 6.04. The van der Waals surface area contributed by atoms with Crippen LogP contribution in [0.3, 0.4) is 0 Å². The van der Waals surface area contributed by atoms with Gasteiger partial charge in [-0.25, -0.2) is 5.30 Å². The van der Waals surface area contributed by atoms with E-state index in [1.54, 1.807) is 0 Å². The van der Waals surface area contributed by atoms with Crippen LogP contribution in [0.2, 0.25) is 0 Å². The van der Waals surface area contributed by atoms with E-state index in [0.717, 1.165) is 0 Å². The van der Waals surface area contributed by atoms with Crippen LogP contribution < -0.4 is 24.2 Å². The number of benzene rings is 1. The molecule has 0 saturated carbocycles. The maximum atomic E-state index is 3.82. The van der Waals surface area contributed by atoms with Gasteiger partial charge in [0, 0.05) is 0 Å². The molecule has 0 nitrogen and oxygen atoms in total. The molecule has 0 radical (unpaired) electrons. The molecular formula is C15H24LiP. The van der Waals surface area contributed by atoms with E-state index < -0.39 is 0 Å². The quantitative estimate of drug-likeness (QED) is 0.560. The fraction of sp³-hybridized carbons (Fsp3) is 0.600. The van der Waals surface area contributed by atoms with Gasteiger partial charge in [0.2, 0.25) is 0 Å². The van der Waals surface area contributed by atoms with Gasteiger partial charge in [0.15, 0.2) is 0 Å². The molecule has 0 saturated heterocycles. The molecule has 0 bridgehead atoms. The third-order valence-electron chi connectivity index (χ3n) is 3.13. The number of hydrogen-bond donors (Lipinski definition) is 0. The summed E-state index contributed by atoms with van der Waals surface area (Å²) in [5.74, 6) is 1.75. The molecule has 0 aromatic heterocycles. The molecule has 0 spiro atoms. The van der Waals surface area contributed by atoms with E-state index in [1.165, 1.54) is 22.0 Å². The van der Waals surface area contributed by atoms with E-state index in [-0.39, 0.29) is 18.9 Å². The Hall–Kier alpha value is 0.247. The second-order valence-electron chi connectivity index (χ2n) is 5.54. The number of hydrogen-bond acceptors (Lipinski definition) is 0. The molecule has 0 aliphatic rings. The van der Waals surface area contributed by atoms with Crippen molar-refractivity contribution in [2.75, 3.05) is 0 Å². The topological polar surface area (TPSA) is 0 Å². The summed E-state index contributed by atoms with van der Waals surface area (Å²) in [6, 6.07) is 4.70. The van der Waals surface area contributed by atoms with Gasteiger partial charge in [-0.2, -0.15) is 0 Å². The monoisotopic (exact) mass is 242 g/mol. The number of rotatable bonds is 3. The predicted molar refractivity (Wildman–Crippen MR) is 76.7 cm³/mol. The van der Waals surface area contributed by atoms with Crippen molar-refractivity contribution in [2.45, 2.75) is 59.3 Å². The molecule has 0 heterocycles. The molecule has 2 heteroatoms. The molecule has 1 rings (SSSR count). The first-order valence-corrected chi connectivity index (χ1v) is 6.73. The van der Waals surface area contributed by atoms with Crippen molar-refractivity contribution >= 4 is 14.5 Å². The van der Waals surface area contributed by atoms with Gasteiger partial charge < -0.3 is 9.24 Å². The Morgan fingerprint density at radius 2 is 1.12 bits per heavy atom. The Labute approximate surface area is 121 Å². The molecule has 0 aliphatic carbocycles. The predicted octanol–water partition coefficient (Wildman–Crippen LogP) is 1.83. The van der Waals surface area contributed by atoms with Crippen LogP contribution in [-0.4, -0.2) is 0 Å². The summed E-state index contributed by atoms with van der Waals surface area (Å²) < 4.78 is 0. The fourth-order valence-corrected chi connectivity index (χ4v) is 2.68. The molecule has 0 amide bonds. The van der Waals surface area contributed by atoms with Crippen molar-refractivity contribution < 1.29 is 18.9 Å². The minimum absolute atomic E-state index is 0. The molecule has 0 fully saturated rings. The van der Waals surface area contributed by atoms with Crippen LogP contribution in [0.5, 0.6) is 0 Å². The summed E-state index contributed by atoms with van der Waals surface area (Å²) >= 11 is 0. The van der Waals surface area contributed by atoms with Crippen LogP contribution in [0.25, 0.3) is 0 Å². The summed E-state index contributed by atoms with van der Waals surface area (Å²) in [5.41, 5.74) is 4.33. The summed E-state index contributed by atoms with van der Waals surface area (Å²) in [5, 5.41) is 1.30. The van der Waals surface area contributed by atoms with Crippen LogP contribution in [0.1, 0.15) is 76.0 Å². The SMILES string of the molecule is CC(C)c1cc(C(C)C)c([PH-])c(C(C)C)c1.[Li+]. The van der Waals surface area contributed by atoms with Crippen molar-refractivity contribution in [1.29, 1.82) is 0 Å². The standard InChI is InChI=1S/C15H24P.Li/c1-9(2)12-7-13(10(3)4)15(16)14(8-12)11(5)6;/h7-11,16H,1-6H3;/q-1;+1. The van der Waals surface area contributed by atoms with Crippen LogP contribution in [-0.2, 0) is 0 Å². The van der Waals surface area contributed by atoms with Gasteiger partial charge in [-0.3, -0.25) is 0 Å². The maximum absolute atomic E-state index is 3.82. The molecule has 0 aliphatic heterocycles. The molecule has 90 valence electrons. The van der Waals surface area contributed by atoms with Gasteiger partial charge in [0.05, 0.1) is 0 Å². The van der Waals surface area contributed by atoms with Crippen LogP contribution in [0.15, 0.2) is 12.1 Å². The average Bonchev–Trinajstić information content (AvgIpc) is 2.16. The van der Waals surface area contributed by atoms with Crippen molar-refractivity contribution in [3.8, 4) is 0 Å². The first kappa shape index (κ1) is 17.2. The van der Waals surface area contributed by atoms with E-state index in [1.807, 2.05) is 0 Å². The van der Waals surface area contributed by atoms with E-state index in [4.69, 9.17) is 0 Å². The summed E-state index contributed by atoms with van der Waals surface area (Å²) in [6.45, 7) is 13.6. The van der Waals surface area contributed by atoms with E-state index in [0.29, 0.717) is 17.8 Å². The van der Waals surface area contributed by atoms with Gasteiger partial charge in [0.1, 0.15) is 0 Å². The molecular weight excluding hydrogens is 218 g/mol. The smallest absolute Gasteiger partial charge is 0.524 e. The third-order valence-corrected chi connectivity index (χ3v) is 3.71. The van der Waals surface area contributed by atoms with Crippen molar-refractivity contribution in [1.82, 2.24) is 0 Å². The zero-order chi connectivity index (χ0) is 12.5. The molecule has 1 aromatic rings. The molecule has 0 atom stereocenters. The van der Waals surface area contributed by atoms with Gasteiger partial charge in [-0.15, -0.1) is 0 Å². The van der Waals surface area contributed by atoms with Crippen LogP contribution in [0, 0.1) is 0 Å². The Kier molecular flexibility index (Phi) is 7.09.